The van der Waals surface area contributed by atoms with Gasteiger partial charge in [0.05, 0.1) is 22.1 Å². The molecule has 1 aliphatic carbocycles. The van der Waals surface area contributed by atoms with E-state index in [1.807, 2.05) is 48.7 Å². The monoisotopic (exact) mass is 519 g/mol. The zero-order chi connectivity index (χ0) is 23.8. The number of halogens is 1. The van der Waals surface area contributed by atoms with Crippen LogP contribution in [0.1, 0.15) is 37.3 Å². The van der Waals surface area contributed by atoms with Crippen molar-refractivity contribution >= 4 is 39.1 Å². The van der Waals surface area contributed by atoms with Crippen molar-refractivity contribution in [3.05, 3.63) is 65.0 Å². The van der Waals surface area contributed by atoms with E-state index in [2.05, 4.69) is 26.0 Å². The smallest absolute Gasteiger partial charge is 0.372 e. The average Bonchev–Trinajstić information content (AvgIpc) is 3.30. The number of ketones is 1. The predicted octanol–water partition coefficient (Wildman–Crippen LogP) is 4.73. The molecule has 0 amide bonds. The maximum atomic E-state index is 11.9. The molecule has 0 saturated heterocycles. The van der Waals surface area contributed by atoms with Gasteiger partial charge in [0.25, 0.3) is 0 Å². The molecule has 1 aliphatic rings. The number of aromatic nitrogens is 4. The lowest BCUT2D eigenvalue weighted by Gasteiger charge is -2.27. The highest BCUT2D eigenvalue weighted by Crippen LogP contribution is 2.41. The number of anilines is 1. The number of nitrogens with two attached hydrogens (primary N) is 1. The predicted molar refractivity (Wildman–Crippen MR) is 131 cm³/mol. The van der Waals surface area contributed by atoms with Gasteiger partial charge in [-0.2, -0.15) is 9.61 Å². The van der Waals surface area contributed by atoms with Gasteiger partial charge >= 0.3 is 5.97 Å². The molecule has 1 saturated carbocycles. The van der Waals surface area contributed by atoms with Crippen molar-refractivity contribution in [1.82, 2.24) is 19.6 Å². The zero-order valence-electron chi connectivity index (χ0n) is 18.2. The number of carbonyl (C=O) groups excluding carboxylic acids is 1. The molecule has 9 heteroatoms. The Morgan fingerprint density at radius 3 is 2.38 bits per heavy atom. The normalized spacial score (nSPS) is 18.1. The van der Waals surface area contributed by atoms with Crippen LogP contribution in [-0.2, 0) is 9.59 Å². The fourth-order valence-electron chi connectivity index (χ4n) is 4.62. The maximum absolute atomic E-state index is 11.9. The van der Waals surface area contributed by atoms with Crippen molar-refractivity contribution in [2.75, 3.05) is 5.73 Å². The number of hydrogen-bond donors (Lipinski definition) is 2. The first kappa shape index (κ1) is 22.2. The Labute approximate surface area is 204 Å². The number of hydrogen-bond acceptors (Lipinski definition) is 6. The molecule has 0 radical (unpaired) electrons. The summed E-state index contributed by atoms with van der Waals surface area (Å²) in [5, 5.41) is 13.5. The Kier molecular flexibility index (Phi) is 5.87. The minimum Gasteiger partial charge on any atom is -0.475 e. The van der Waals surface area contributed by atoms with Crippen LogP contribution >= 0.6 is 15.9 Å². The molecule has 0 spiro atoms. The fourth-order valence-corrected chi connectivity index (χ4v) is 5.20. The molecule has 0 unspecified atom stereocenters. The summed E-state index contributed by atoms with van der Waals surface area (Å²) in [6.07, 6.45) is 5.92. The van der Waals surface area contributed by atoms with Crippen molar-refractivity contribution < 1.29 is 14.7 Å². The summed E-state index contributed by atoms with van der Waals surface area (Å²) in [7, 11) is 0. The number of carboxylic acids is 1. The summed E-state index contributed by atoms with van der Waals surface area (Å²) >= 11 is 3.58. The summed E-state index contributed by atoms with van der Waals surface area (Å²) in [6.45, 7) is 0. The summed E-state index contributed by atoms with van der Waals surface area (Å²) in [6, 6.07) is 13.9. The van der Waals surface area contributed by atoms with Crippen LogP contribution in [0, 0.1) is 5.92 Å². The lowest BCUT2D eigenvalue weighted by molar-refractivity contribution is -0.151. The third-order valence-corrected chi connectivity index (χ3v) is 7.30. The number of Topliss-reactive ketones (excluding diaryl/α,β-unsaturated/α-hetero) is 1. The molecule has 0 atom stereocenters. The van der Waals surface area contributed by atoms with Gasteiger partial charge in [-0.3, -0.25) is 9.78 Å². The van der Waals surface area contributed by atoms with Crippen LogP contribution in [0.5, 0.6) is 0 Å². The van der Waals surface area contributed by atoms with E-state index >= 15 is 0 Å². The molecular weight excluding hydrogens is 498 g/mol. The number of rotatable bonds is 5. The highest BCUT2D eigenvalue weighted by molar-refractivity contribution is 9.10. The van der Waals surface area contributed by atoms with Crippen molar-refractivity contribution in [3.63, 3.8) is 0 Å². The summed E-state index contributed by atoms with van der Waals surface area (Å²) in [5.41, 5.74) is 11.5. The van der Waals surface area contributed by atoms with Gasteiger partial charge in [0.2, 0.25) is 5.78 Å². The van der Waals surface area contributed by atoms with E-state index < -0.39 is 17.7 Å². The van der Waals surface area contributed by atoms with Crippen LogP contribution < -0.4 is 5.73 Å². The largest absolute Gasteiger partial charge is 0.475 e. The van der Waals surface area contributed by atoms with E-state index in [1.54, 1.807) is 10.7 Å². The van der Waals surface area contributed by atoms with Crippen molar-refractivity contribution in [2.24, 2.45) is 5.92 Å². The molecule has 1 aromatic carbocycles. The number of fused-ring (bicyclic) bond motifs is 1. The van der Waals surface area contributed by atoms with Crippen LogP contribution in [0.25, 0.3) is 28.0 Å². The van der Waals surface area contributed by atoms with Crippen LogP contribution in [0.15, 0.2) is 59.3 Å². The Bertz CT molecular complexity index is 1380. The van der Waals surface area contributed by atoms with E-state index in [-0.39, 0.29) is 5.92 Å². The SMILES string of the molecule is Nc1c(Br)c(C2CCC(C(=O)C(=O)O)CC2)nc2c(-c3ccc(-c4ccccc4)nc3)cnn12. The highest BCUT2D eigenvalue weighted by Gasteiger charge is 2.32. The fraction of sp³-hybridized carbons (Fsp3) is 0.240. The van der Waals surface area contributed by atoms with E-state index in [9.17, 15) is 9.59 Å². The molecule has 1 fully saturated rings. The van der Waals surface area contributed by atoms with Crippen molar-refractivity contribution in [3.8, 4) is 22.4 Å². The van der Waals surface area contributed by atoms with Gasteiger partial charge in [-0.05, 0) is 47.7 Å². The minimum absolute atomic E-state index is 0.0702. The third kappa shape index (κ3) is 3.96. The van der Waals surface area contributed by atoms with E-state index in [4.69, 9.17) is 15.8 Å². The number of nitrogens with zero attached hydrogens (tertiary/aromatic N) is 4. The molecular formula is C25H22BrN5O3. The van der Waals surface area contributed by atoms with Crippen LogP contribution in [0.2, 0.25) is 0 Å². The van der Waals surface area contributed by atoms with Crippen molar-refractivity contribution in [1.29, 1.82) is 0 Å². The zero-order valence-corrected chi connectivity index (χ0v) is 19.8. The van der Waals surface area contributed by atoms with Gasteiger partial charge in [-0.15, -0.1) is 0 Å². The lowest BCUT2D eigenvalue weighted by Crippen LogP contribution is -2.27. The lowest BCUT2D eigenvalue weighted by atomic mass is 9.78. The number of carboxylic acid groups (broad SMARTS) is 1. The van der Waals surface area contributed by atoms with Gasteiger partial charge in [0.1, 0.15) is 5.82 Å². The van der Waals surface area contributed by atoms with Crippen LogP contribution in [-0.4, -0.2) is 36.4 Å². The van der Waals surface area contributed by atoms with Crippen LogP contribution in [0.3, 0.4) is 0 Å². The Morgan fingerprint density at radius 2 is 1.74 bits per heavy atom. The molecule has 34 heavy (non-hydrogen) atoms. The van der Waals surface area contributed by atoms with Crippen molar-refractivity contribution in [2.45, 2.75) is 31.6 Å². The molecule has 0 bridgehead atoms. The second-order valence-corrected chi connectivity index (χ2v) is 9.30. The molecule has 5 rings (SSSR count). The van der Waals surface area contributed by atoms with Gasteiger partial charge in [0, 0.05) is 34.7 Å². The van der Waals surface area contributed by atoms with E-state index in [0.29, 0.717) is 41.6 Å². The standard InChI is InChI=1S/C25H22BrN5O3/c26-20-21(15-6-8-16(9-7-15)22(32)25(33)34)30-24-18(13-29-31(24)23(20)27)17-10-11-19(28-12-17)14-4-2-1-3-5-14/h1-5,10-13,15-16H,6-9,27H2,(H,33,34). The molecule has 0 aliphatic heterocycles. The quantitative estimate of drug-likeness (QED) is 0.365. The molecule has 172 valence electrons. The highest BCUT2D eigenvalue weighted by atomic mass is 79.9. The van der Waals surface area contributed by atoms with Gasteiger partial charge in [0.15, 0.2) is 5.65 Å². The van der Waals surface area contributed by atoms with Gasteiger partial charge in [-0.25, -0.2) is 9.78 Å². The average molecular weight is 520 g/mol. The summed E-state index contributed by atoms with van der Waals surface area (Å²) in [4.78, 5) is 32.4. The maximum Gasteiger partial charge on any atom is 0.372 e. The second kappa shape index (κ2) is 8.98. The number of carbonyl (C=O) groups is 2. The number of benzene rings is 1. The molecule has 3 heterocycles. The number of pyridine rings is 1. The topological polar surface area (TPSA) is 123 Å². The Morgan fingerprint density at radius 1 is 1.00 bits per heavy atom. The molecule has 3 aromatic heterocycles. The summed E-state index contributed by atoms with van der Waals surface area (Å²) < 4.78 is 2.29. The van der Waals surface area contributed by atoms with Gasteiger partial charge in [-0.1, -0.05) is 36.4 Å². The van der Waals surface area contributed by atoms with Crippen LogP contribution in [0.4, 0.5) is 5.82 Å². The second-order valence-electron chi connectivity index (χ2n) is 8.51. The number of nitrogen functional groups attached to an aromatic ring is 1. The first-order valence-corrected chi connectivity index (χ1v) is 11.8. The summed E-state index contributed by atoms with van der Waals surface area (Å²) in [5.74, 6) is -1.98. The van der Waals surface area contributed by atoms with Gasteiger partial charge < -0.3 is 10.8 Å². The van der Waals surface area contributed by atoms with E-state index in [1.165, 1.54) is 0 Å². The Balaban J connectivity index is 1.47. The molecule has 8 nitrogen and oxygen atoms in total. The number of aliphatic carboxylic acids is 1. The molecule has 3 N–H and O–H groups in total. The first-order chi connectivity index (χ1) is 16.4. The minimum atomic E-state index is -1.36. The Hall–Kier alpha value is -3.59. The first-order valence-electron chi connectivity index (χ1n) is 11.1. The van der Waals surface area contributed by atoms with E-state index in [0.717, 1.165) is 28.1 Å². The molecule has 4 aromatic rings. The third-order valence-electron chi connectivity index (χ3n) is 6.49.